The van der Waals surface area contributed by atoms with E-state index in [0.717, 1.165) is 11.3 Å². The maximum absolute atomic E-state index is 12.3. The number of furan rings is 1. The molecule has 1 atom stereocenters. The van der Waals surface area contributed by atoms with Crippen LogP contribution in [0.25, 0.3) is 11.7 Å². The normalized spacial score (nSPS) is 16.2. The third-order valence-electron chi connectivity index (χ3n) is 3.87. The molecular weight excluding hydrogens is 310 g/mol. The number of fused-ring (bicyclic) bond motifs is 1. The smallest absolute Gasteiger partial charge is 0.293 e. The van der Waals surface area contributed by atoms with Crippen molar-refractivity contribution in [3.05, 3.63) is 54.0 Å². The number of hydrogen-bond donors (Lipinski definition) is 1. The van der Waals surface area contributed by atoms with E-state index in [2.05, 4.69) is 15.5 Å². The summed E-state index contributed by atoms with van der Waals surface area (Å²) < 4.78 is 15.9. The van der Waals surface area contributed by atoms with E-state index in [1.54, 1.807) is 12.1 Å². The van der Waals surface area contributed by atoms with Crippen molar-refractivity contribution in [2.45, 2.75) is 13.0 Å². The van der Waals surface area contributed by atoms with Gasteiger partial charge in [-0.25, -0.2) is 0 Å². The Morgan fingerprint density at radius 1 is 1.25 bits per heavy atom. The minimum absolute atomic E-state index is 0.0890. The molecule has 1 aliphatic heterocycles. The summed E-state index contributed by atoms with van der Waals surface area (Å²) in [5.41, 5.74) is 1.04. The summed E-state index contributed by atoms with van der Waals surface area (Å²) in [6, 6.07) is 11.2. The van der Waals surface area contributed by atoms with E-state index >= 15 is 0 Å². The number of hydrogen-bond acceptors (Lipinski definition) is 6. The molecule has 0 radical (unpaired) electrons. The van der Waals surface area contributed by atoms with Crippen LogP contribution in [0.4, 0.5) is 0 Å². The largest absolute Gasteiger partial charge is 0.492 e. The number of nitrogens with one attached hydrogen (secondary N) is 1. The Hall–Kier alpha value is -3.09. The molecule has 1 aliphatic rings. The lowest BCUT2D eigenvalue weighted by Gasteiger charge is -2.24. The average Bonchev–Trinajstić information content (AvgIpc) is 3.30. The molecule has 0 saturated carbocycles. The van der Waals surface area contributed by atoms with E-state index in [4.69, 9.17) is 13.7 Å². The number of rotatable bonds is 4. The van der Waals surface area contributed by atoms with Gasteiger partial charge in [0.25, 0.3) is 5.89 Å². The van der Waals surface area contributed by atoms with Crippen LogP contribution in [0, 0.1) is 5.92 Å². The SMILES string of the molecule is O=C(NCc1noc(-c2ccco2)n1)[C@@H]1COc2ccccc2C1. The fraction of sp³-hybridized carbons (Fsp3) is 0.235. The first kappa shape index (κ1) is 14.5. The minimum atomic E-state index is -0.226. The number of carbonyl (C=O) groups is 1. The third-order valence-corrected chi connectivity index (χ3v) is 3.87. The fourth-order valence-corrected chi connectivity index (χ4v) is 2.63. The monoisotopic (exact) mass is 325 g/mol. The van der Waals surface area contributed by atoms with Gasteiger partial charge in [-0.3, -0.25) is 4.79 Å². The molecular formula is C17H15N3O4. The van der Waals surface area contributed by atoms with Crippen molar-refractivity contribution in [2.24, 2.45) is 5.92 Å². The first-order chi connectivity index (χ1) is 11.8. The molecule has 1 N–H and O–H groups in total. The molecule has 1 aromatic carbocycles. The quantitative estimate of drug-likeness (QED) is 0.791. The Kier molecular flexibility index (Phi) is 3.74. The lowest BCUT2D eigenvalue weighted by molar-refractivity contribution is -0.126. The molecule has 3 aromatic rings. The van der Waals surface area contributed by atoms with Crippen LogP contribution in [0.1, 0.15) is 11.4 Å². The first-order valence-electron chi connectivity index (χ1n) is 7.64. The van der Waals surface area contributed by atoms with Gasteiger partial charge in [0.1, 0.15) is 12.4 Å². The standard InChI is InChI=1S/C17H15N3O4/c21-16(12-8-11-4-1-2-5-13(11)23-10-12)18-9-15-19-17(24-20-15)14-6-3-7-22-14/h1-7,12H,8-10H2,(H,18,21)/t12-/m0/s1. The highest BCUT2D eigenvalue weighted by molar-refractivity contribution is 5.79. The highest BCUT2D eigenvalue weighted by atomic mass is 16.5. The second-order valence-corrected chi connectivity index (χ2v) is 5.53. The molecule has 0 fully saturated rings. The van der Waals surface area contributed by atoms with Crippen LogP contribution >= 0.6 is 0 Å². The minimum Gasteiger partial charge on any atom is -0.492 e. The van der Waals surface area contributed by atoms with Gasteiger partial charge < -0.3 is 19.0 Å². The molecule has 122 valence electrons. The number of nitrogens with zero attached hydrogens (tertiary/aromatic N) is 2. The Balaban J connectivity index is 1.36. The molecule has 24 heavy (non-hydrogen) atoms. The van der Waals surface area contributed by atoms with E-state index in [9.17, 15) is 4.79 Å². The molecule has 7 heteroatoms. The molecule has 1 amide bonds. The molecule has 0 bridgehead atoms. The predicted octanol–water partition coefficient (Wildman–Crippen LogP) is 2.20. The van der Waals surface area contributed by atoms with Crippen LogP contribution in [0.15, 0.2) is 51.6 Å². The summed E-state index contributed by atoms with van der Waals surface area (Å²) >= 11 is 0. The van der Waals surface area contributed by atoms with Gasteiger partial charge in [0.2, 0.25) is 5.91 Å². The van der Waals surface area contributed by atoms with Crippen LogP contribution in [0.5, 0.6) is 5.75 Å². The van der Waals surface area contributed by atoms with Crippen molar-refractivity contribution in [3.63, 3.8) is 0 Å². The maximum Gasteiger partial charge on any atom is 0.293 e. The first-order valence-corrected chi connectivity index (χ1v) is 7.64. The molecule has 7 nitrogen and oxygen atoms in total. The second-order valence-electron chi connectivity index (χ2n) is 5.53. The molecule has 2 aromatic heterocycles. The van der Waals surface area contributed by atoms with Gasteiger partial charge in [-0.2, -0.15) is 4.98 Å². The van der Waals surface area contributed by atoms with Gasteiger partial charge in [-0.1, -0.05) is 23.4 Å². The summed E-state index contributed by atoms with van der Waals surface area (Å²) in [6.45, 7) is 0.563. The number of carbonyl (C=O) groups excluding carboxylic acids is 1. The summed E-state index contributed by atoms with van der Waals surface area (Å²) in [4.78, 5) is 16.5. The van der Waals surface area contributed by atoms with Gasteiger partial charge in [0.15, 0.2) is 11.6 Å². The van der Waals surface area contributed by atoms with Crippen LogP contribution in [0.3, 0.4) is 0 Å². The summed E-state index contributed by atoms with van der Waals surface area (Å²) in [6.07, 6.45) is 2.19. The van der Waals surface area contributed by atoms with Gasteiger partial charge in [0, 0.05) is 0 Å². The molecule has 3 heterocycles. The summed E-state index contributed by atoms with van der Waals surface area (Å²) in [5, 5.41) is 6.66. The van der Waals surface area contributed by atoms with E-state index < -0.39 is 0 Å². The lowest BCUT2D eigenvalue weighted by Crippen LogP contribution is -2.37. The number of amides is 1. The van der Waals surface area contributed by atoms with Crippen LogP contribution < -0.4 is 10.1 Å². The maximum atomic E-state index is 12.3. The van der Waals surface area contributed by atoms with Crippen molar-refractivity contribution in [3.8, 4) is 17.4 Å². The van der Waals surface area contributed by atoms with Crippen molar-refractivity contribution >= 4 is 5.91 Å². The zero-order valence-electron chi connectivity index (χ0n) is 12.8. The Bertz CT molecular complexity index is 841. The molecule has 0 unspecified atom stereocenters. The molecule has 0 aliphatic carbocycles. The lowest BCUT2D eigenvalue weighted by atomic mass is 9.96. The van der Waals surface area contributed by atoms with Crippen LogP contribution in [0.2, 0.25) is 0 Å². The van der Waals surface area contributed by atoms with E-state index in [0.29, 0.717) is 30.5 Å². The van der Waals surface area contributed by atoms with Crippen molar-refractivity contribution in [1.29, 1.82) is 0 Å². The Labute approximate surface area is 137 Å². The third kappa shape index (κ3) is 2.88. The van der Waals surface area contributed by atoms with Crippen molar-refractivity contribution in [2.75, 3.05) is 6.61 Å². The van der Waals surface area contributed by atoms with Crippen molar-refractivity contribution < 1.29 is 18.5 Å². The van der Waals surface area contributed by atoms with Gasteiger partial charge in [-0.05, 0) is 30.2 Å². The molecule has 4 rings (SSSR count). The van der Waals surface area contributed by atoms with Gasteiger partial charge in [0.05, 0.1) is 18.7 Å². The van der Waals surface area contributed by atoms with Crippen molar-refractivity contribution in [1.82, 2.24) is 15.5 Å². The molecule has 0 saturated heterocycles. The zero-order chi connectivity index (χ0) is 16.4. The summed E-state index contributed by atoms with van der Waals surface area (Å²) in [7, 11) is 0. The van der Waals surface area contributed by atoms with Crippen LogP contribution in [-0.4, -0.2) is 22.7 Å². The number of aromatic nitrogens is 2. The fourth-order valence-electron chi connectivity index (χ4n) is 2.63. The topological polar surface area (TPSA) is 90.4 Å². The van der Waals surface area contributed by atoms with E-state index in [1.165, 1.54) is 6.26 Å². The highest BCUT2D eigenvalue weighted by Gasteiger charge is 2.25. The second kappa shape index (κ2) is 6.19. The van der Waals surface area contributed by atoms with Crippen LogP contribution in [-0.2, 0) is 17.8 Å². The number of ether oxygens (including phenoxy) is 1. The van der Waals surface area contributed by atoms with Gasteiger partial charge >= 0.3 is 0 Å². The predicted molar refractivity (Wildman–Crippen MR) is 83.0 cm³/mol. The zero-order valence-corrected chi connectivity index (χ0v) is 12.8. The highest BCUT2D eigenvalue weighted by Crippen LogP contribution is 2.26. The Morgan fingerprint density at radius 2 is 2.17 bits per heavy atom. The van der Waals surface area contributed by atoms with E-state index in [1.807, 2.05) is 24.3 Å². The van der Waals surface area contributed by atoms with Gasteiger partial charge in [-0.15, -0.1) is 0 Å². The van der Waals surface area contributed by atoms with E-state index in [-0.39, 0.29) is 18.4 Å². The number of para-hydroxylation sites is 1. The molecule has 0 spiro atoms. The number of benzene rings is 1. The Morgan fingerprint density at radius 3 is 3.04 bits per heavy atom. The average molecular weight is 325 g/mol. The summed E-state index contributed by atoms with van der Waals surface area (Å²) in [5.74, 6) is 1.72.